The third-order valence-corrected chi connectivity index (χ3v) is 3.69. The molecule has 0 aliphatic heterocycles. The molecular formula is C16H20ClN3O2. The molecule has 1 atom stereocenters. The molecule has 0 aliphatic rings. The van der Waals surface area contributed by atoms with Gasteiger partial charge < -0.3 is 10.4 Å². The summed E-state index contributed by atoms with van der Waals surface area (Å²) in [5.41, 5.74) is 1.13. The van der Waals surface area contributed by atoms with E-state index < -0.39 is 0 Å². The first kappa shape index (κ1) is 16.5. The van der Waals surface area contributed by atoms with Crippen molar-refractivity contribution in [2.45, 2.75) is 26.3 Å². The number of aromatic nitrogens is 2. The van der Waals surface area contributed by atoms with Crippen molar-refractivity contribution in [3.63, 3.8) is 0 Å². The molecule has 0 radical (unpaired) electrons. The third-order valence-electron chi connectivity index (χ3n) is 3.46. The minimum Gasteiger partial charge on any atom is -0.396 e. The van der Waals surface area contributed by atoms with Gasteiger partial charge >= 0.3 is 0 Å². The van der Waals surface area contributed by atoms with Gasteiger partial charge in [0.15, 0.2) is 5.69 Å². The van der Waals surface area contributed by atoms with E-state index in [2.05, 4.69) is 10.4 Å². The Morgan fingerprint density at radius 2 is 2.18 bits per heavy atom. The van der Waals surface area contributed by atoms with Crippen molar-refractivity contribution in [2.24, 2.45) is 5.92 Å². The first-order chi connectivity index (χ1) is 10.5. The molecule has 0 saturated heterocycles. The molecule has 1 aromatic heterocycles. The lowest BCUT2D eigenvalue weighted by atomic mass is 10.0. The zero-order chi connectivity index (χ0) is 16.1. The van der Waals surface area contributed by atoms with Crippen LogP contribution in [0.4, 0.5) is 0 Å². The summed E-state index contributed by atoms with van der Waals surface area (Å²) in [6.07, 6.45) is 2.25. The van der Waals surface area contributed by atoms with Gasteiger partial charge in [0.2, 0.25) is 0 Å². The van der Waals surface area contributed by atoms with E-state index in [1.54, 1.807) is 29.1 Å². The van der Waals surface area contributed by atoms with Gasteiger partial charge in [0, 0.05) is 23.9 Å². The molecule has 0 aliphatic carbocycles. The van der Waals surface area contributed by atoms with Crippen molar-refractivity contribution in [1.29, 1.82) is 0 Å². The Labute approximate surface area is 134 Å². The summed E-state index contributed by atoms with van der Waals surface area (Å²) in [6.45, 7) is 4.05. The standard InChI is InChI=1S/C16H20ClN3O2/c1-11(2)14(7-9-21)18-16(22)15-6-8-20(19-15)13-5-3-4-12(17)10-13/h3-6,8,10-11,14,21H,7,9H2,1-2H3,(H,18,22). The smallest absolute Gasteiger partial charge is 0.272 e. The SMILES string of the molecule is CC(C)C(CCO)NC(=O)c1ccn(-c2cccc(Cl)c2)n1. The molecule has 5 nitrogen and oxygen atoms in total. The highest BCUT2D eigenvalue weighted by molar-refractivity contribution is 6.30. The van der Waals surface area contributed by atoms with Crippen LogP contribution in [0.2, 0.25) is 5.02 Å². The molecule has 2 rings (SSSR count). The molecule has 1 heterocycles. The first-order valence-corrected chi connectivity index (χ1v) is 7.62. The van der Waals surface area contributed by atoms with Crippen molar-refractivity contribution >= 4 is 17.5 Å². The number of amides is 1. The lowest BCUT2D eigenvalue weighted by Crippen LogP contribution is -2.39. The van der Waals surface area contributed by atoms with Crippen molar-refractivity contribution in [3.05, 3.63) is 47.2 Å². The number of carbonyl (C=O) groups excluding carboxylic acids is 1. The van der Waals surface area contributed by atoms with E-state index in [1.165, 1.54) is 0 Å². The Balaban J connectivity index is 2.12. The summed E-state index contributed by atoms with van der Waals surface area (Å²) in [7, 11) is 0. The van der Waals surface area contributed by atoms with E-state index in [1.807, 2.05) is 26.0 Å². The maximum Gasteiger partial charge on any atom is 0.272 e. The van der Waals surface area contributed by atoms with Crippen LogP contribution >= 0.6 is 11.6 Å². The number of hydrogen-bond donors (Lipinski definition) is 2. The summed E-state index contributed by atoms with van der Waals surface area (Å²) in [5, 5.41) is 16.9. The average molecular weight is 322 g/mol. The summed E-state index contributed by atoms with van der Waals surface area (Å²) in [4.78, 5) is 12.3. The predicted molar refractivity (Wildman–Crippen MR) is 86.4 cm³/mol. The fourth-order valence-electron chi connectivity index (χ4n) is 2.16. The summed E-state index contributed by atoms with van der Waals surface area (Å²) in [6, 6.07) is 8.84. The van der Waals surface area contributed by atoms with Crippen LogP contribution in [0.1, 0.15) is 30.8 Å². The fraction of sp³-hybridized carbons (Fsp3) is 0.375. The molecule has 1 aromatic carbocycles. The molecule has 22 heavy (non-hydrogen) atoms. The number of rotatable bonds is 6. The van der Waals surface area contributed by atoms with E-state index in [4.69, 9.17) is 16.7 Å². The van der Waals surface area contributed by atoms with Gasteiger partial charge in [-0.3, -0.25) is 4.79 Å². The monoisotopic (exact) mass is 321 g/mol. The van der Waals surface area contributed by atoms with Gasteiger partial charge in [0.1, 0.15) is 0 Å². The zero-order valence-corrected chi connectivity index (χ0v) is 13.4. The molecule has 0 fully saturated rings. The summed E-state index contributed by atoms with van der Waals surface area (Å²) < 4.78 is 1.61. The van der Waals surface area contributed by atoms with Crippen LogP contribution in [0.5, 0.6) is 0 Å². The average Bonchev–Trinajstić information content (AvgIpc) is 2.96. The molecule has 0 bridgehead atoms. The van der Waals surface area contributed by atoms with Crippen LogP contribution in [0.3, 0.4) is 0 Å². The number of nitrogens with zero attached hydrogens (tertiary/aromatic N) is 2. The minimum atomic E-state index is -0.243. The normalized spacial score (nSPS) is 12.4. The maximum absolute atomic E-state index is 12.3. The molecule has 2 aromatic rings. The van der Waals surface area contributed by atoms with Gasteiger partial charge in [0.05, 0.1) is 5.69 Å². The van der Waals surface area contributed by atoms with Gasteiger partial charge in [-0.1, -0.05) is 31.5 Å². The number of hydrogen-bond acceptors (Lipinski definition) is 3. The van der Waals surface area contributed by atoms with E-state index in [0.29, 0.717) is 17.1 Å². The van der Waals surface area contributed by atoms with E-state index >= 15 is 0 Å². The summed E-state index contributed by atoms with van der Waals surface area (Å²) in [5.74, 6) is -0.000885. The summed E-state index contributed by atoms with van der Waals surface area (Å²) >= 11 is 5.96. The molecule has 2 N–H and O–H groups in total. The second kappa shape index (κ2) is 7.42. The van der Waals surface area contributed by atoms with Gasteiger partial charge in [0.25, 0.3) is 5.91 Å². The lowest BCUT2D eigenvalue weighted by Gasteiger charge is -2.20. The number of nitrogens with one attached hydrogen (secondary N) is 1. The Morgan fingerprint density at radius 1 is 1.41 bits per heavy atom. The highest BCUT2D eigenvalue weighted by Crippen LogP contribution is 2.14. The van der Waals surface area contributed by atoms with E-state index in [9.17, 15) is 4.79 Å². The van der Waals surface area contributed by atoms with Crippen LogP contribution in [0, 0.1) is 5.92 Å². The molecular weight excluding hydrogens is 302 g/mol. The quantitative estimate of drug-likeness (QED) is 0.859. The van der Waals surface area contributed by atoms with Crippen LogP contribution in [-0.4, -0.2) is 33.4 Å². The van der Waals surface area contributed by atoms with E-state index in [0.717, 1.165) is 5.69 Å². The van der Waals surface area contributed by atoms with Crippen molar-refractivity contribution in [2.75, 3.05) is 6.61 Å². The van der Waals surface area contributed by atoms with E-state index in [-0.39, 0.29) is 24.5 Å². The minimum absolute atomic E-state index is 0.0417. The predicted octanol–water partition coefficient (Wildman–Crippen LogP) is 2.66. The lowest BCUT2D eigenvalue weighted by molar-refractivity contribution is 0.0911. The number of aliphatic hydroxyl groups is 1. The highest BCUT2D eigenvalue weighted by Gasteiger charge is 2.18. The van der Waals surface area contributed by atoms with Gasteiger partial charge in [-0.25, -0.2) is 4.68 Å². The molecule has 118 valence electrons. The van der Waals surface area contributed by atoms with Crippen molar-refractivity contribution in [3.8, 4) is 5.69 Å². The third kappa shape index (κ3) is 4.08. The molecule has 1 unspecified atom stereocenters. The molecule has 1 amide bonds. The number of halogens is 1. The topological polar surface area (TPSA) is 67.2 Å². The Morgan fingerprint density at radius 3 is 2.82 bits per heavy atom. The Kier molecular flexibility index (Phi) is 5.57. The fourth-order valence-corrected chi connectivity index (χ4v) is 2.35. The van der Waals surface area contributed by atoms with Crippen molar-refractivity contribution < 1.29 is 9.90 Å². The van der Waals surface area contributed by atoms with Crippen molar-refractivity contribution in [1.82, 2.24) is 15.1 Å². The van der Waals surface area contributed by atoms with Crippen LogP contribution in [-0.2, 0) is 0 Å². The Hall–Kier alpha value is -1.85. The first-order valence-electron chi connectivity index (χ1n) is 7.24. The second-order valence-electron chi connectivity index (χ2n) is 5.46. The number of aliphatic hydroxyl groups excluding tert-OH is 1. The molecule has 0 saturated carbocycles. The zero-order valence-electron chi connectivity index (χ0n) is 12.7. The van der Waals surface area contributed by atoms with Gasteiger partial charge in [-0.2, -0.15) is 5.10 Å². The highest BCUT2D eigenvalue weighted by atomic mass is 35.5. The number of carbonyl (C=O) groups is 1. The van der Waals surface area contributed by atoms with Crippen LogP contribution < -0.4 is 5.32 Å². The van der Waals surface area contributed by atoms with Crippen LogP contribution in [0.25, 0.3) is 5.69 Å². The molecule has 6 heteroatoms. The van der Waals surface area contributed by atoms with Gasteiger partial charge in [-0.15, -0.1) is 0 Å². The Bertz CT molecular complexity index is 640. The molecule has 0 spiro atoms. The second-order valence-corrected chi connectivity index (χ2v) is 5.90. The van der Waals surface area contributed by atoms with Gasteiger partial charge in [-0.05, 0) is 36.6 Å². The maximum atomic E-state index is 12.3. The largest absolute Gasteiger partial charge is 0.396 e. The number of benzene rings is 1. The van der Waals surface area contributed by atoms with Crippen LogP contribution in [0.15, 0.2) is 36.5 Å².